The first-order valence-corrected chi connectivity index (χ1v) is 16.7. The molecule has 2 aromatic heterocycles. The second-order valence-electron chi connectivity index (χ2n) is 10.9. The quantitative estimate of drug-likeness (QED) is 0.0806. The first kappa shape index (κ1) is 39.0. The molecule has 0 atom stereocenters. The molecule has 0 aliphatic heterocycles. The van der Waals surface area contributed by atoms with Gasteiger partial charge in [0.2, 0.25) is 5.91 Å². The van der Waals surface area contributed by atoms with Crippen molar-refractivity contribution in [1.82, 2.24) is 24.0 Å². The molecule has 266 valence electrons. The first-order chi connectivity index (χ1) is 23.3. The Hall–Kier alpha value is -3.40. The van der Waals surface area contributed by atoms with Crippen LogP contribution >= 0.6 is 11.6 Å². The van der Waals surface area contributed by atoms with Crippen LogP contribution in [0.2, 0.25) is 0 Å². The molecule has 0 spiro atoms. The Kier molecular flexibility index (Phi) is 18.1. The highest BCUT2D eigenvalue weighted by Gasteiger charge is 2.18. The minimum Gasteiger partial charge on any atom is -0.379 e. The summed E-state index contributed by atoms with van der Waals surface area (Å²) in [5.74, 6) is 0.237. The Morgan fingerprint density at radius 2 is 1.38 bits per heavy atom. The standard InChI is InChI=1S/C33H47ClFN5O8/c1-38-31-30(32(42)39(2)33(38)43)37-28(40(31)25-26-7-9-27(35)10-8-26)11-12-29(41)36-14-16-45-18-20-47-22-24-48-23-21-46-19-17-44-15-6-4-3-5-13-34/h7-12H,3-6,13-25H2,1-2H3,(H,36,41)/b12-11+. The minimum atomic E-state index is -0.554. The molecule has 0 saturated carbocycles. The SMILES string of the molecule is Cn1c(=O)c2nc(/C=C/C(=O)NCCOCCOCCOCCOCCOCCCCCCCl)n(Cc3ccc(F)cc3)c2n(C)c1=O. The second-order valence-corrected chi connectivity index (χ2v) is 11.2. The number of rotatable bonds is 25. The Bertz CT molecular complexity index is 1540. The molecule has 0 bridgehead atoms. The number of nitrogens with one attached hydrogen (secondary N) is 1. The molecule has 1 amide bonds. The molecule has 15 heteroatoms. The van der Waals surface area contributed by atoms with Gasteiger partial charge in [0, 0.05) is 39.2 Å². The number of nitrogens with zero attached hydrogens (tertiary/aromatic N) is 4. The molecule has 2 heterocycles. The third-order valence-corrected chi connectivity index (χ3v) is 7.48. The summed E-state index contributed by atoms with van der Waals surface area (Å²) < 4.78 is 44.9. The molecule has 1 aromatic carbocycles. The zero-order chi connectivity index (χ0) is 34.6. The van der Waals surface area contributed by atoms with Crippen LogP contribution in [0.25, 0.3) is 17.2 Å². The van der Waals surface area contributed by atoms with Crippen molar-refractivity contribution in [3.8, 4) is 0 Å². The van der Waals surface area contributed by atoms with Crippen molar-refractivity contribution in [2.75, 3.05) is 78.5 Å². The molecule has 48 heavy (non-hydrogen) atoms. The van der Waals surface area contributed by atoms with Crippen molar-refractivity contribution < 1.29 is 32.9 Å². The predicted molar refractivity (Wildman–Crippen MR) is 181 cm³/mol. The number of fused-ring (bicyclic) bond motifs is 1. The van der Waals surface area contributed by atoms with Crippen LogP contribution in [0, 0.1) is 5.82 Å². The highest BCUT2D eigenvalue weighted by molar-refractivity contribution is 6.17. The molecule has 0 aliphatic rings. The molecule has 0 unspecified atom stereocenters. The Morgan fingerprint density at radius 1 is 0.812 bits per heavy atom. The average Bonchev–Trinajstić information content (AvgIpc) is 3.45. The van der Waals surface area contributed by atoms with E-state index < -0.39 is 11.2 Å². The number of imidazole rings is 1. The van der Waals surface area contributed by atoms with Crippen molar-refractivity contribution in [2.24, 2.45) is 14.1 Å². The van der Waals surface area contributed by atoms with E-state index in [0.29, 0.717) is 58.5 Å². The van der Waals surface area contributed by atoms with Crippen molar-refractivity contribution in [1.29, 1.82) is 0 Å². The number of amides is 1. The van der Waals surface area contributed by atoms with Crippen LogP contribution in [-0.2, 0) is 49.1 Å². The Balaban J connectivity index is 1.28. The van der Waals surface area contributed by atoms with E-state index in [0.717, 1.165) is 48.3 Å². The molecular formula is C33H47ClFN5O8. The Morgan fingerprint density at radius 3 is 1.98 bits per heavy atom. The van der Waals surface area contributed by atoms with Crippen LogP contribution in [0.15, 0.2) is 39.9 Å². The number of carbonyl (C=O) groups excluding carboxylic acids is 1. The molecule has 13 nitrogen and oxygen atoms in total. The number of alkyl halides is 1. The van der Waals surface area contributed by atoms with E-state index in [-0.39, 0.29) is 42.8 Å². The number of halogens is 2. The summed E-state index contributed by atoms with van der Waals surface area (Å²) in [5, 5.41) is 2.73. The van der Waals surface area contributed by atoms with Gasteiger partial charge in [-0.1, -0.05) is 25.0 Å². The van der Waals surface area contributed by atoms with Gasteiger partial charge < -0.3 is 33.6 Å². The lowest BCUT2D eigenvalue weighted by Crippen LogP contribution is -2.37. The summed E-state index contributed by atoms with van der Waals surface area (Å²) in [6.45, 7) is 5.25. The van der Waals surface area contributed by atoms with Crippen molar-refractivity contribution in [3.63, 3.8) is 0 Å². The number of hydrogen-bond acceptors (Lipinski definition) is 9. The van der Waals surface area contributed by atoms with E-state index in [1.54, 1.807) is 16.7 Å². The number of unbranched alkanes of at least 4 members (excludes halogenated alkanes) is 3. The monoisotopic (exact) mass is 695 g/mol. The maximum atomic E-state index is 13.5. The number of ether oxygens (including phenoxy) is 5. The third-order valence-electron chi connectivity index (χ3n) is 7.21. The number of hydrogen-bond donors (Lipinski definition) is 1. The minimum absolute atomic E-state index is 0.0788. The van der Waals surface area contributed by atoms with E-state index in [4.69, 9.17) is 35.3 Å². The van der Waals surface area contributed by atoms with Crippen LogP contribution in [0.4, 0.5) is 4.39 Å². The molecule has 3 aromatic rings. The zero-order valence-corrected chi connectivity index (χ0v) is 28.6. The number of benzene rings is 1. The van der Waals surface area contributed by atoms with Crippen LogP contribution in [0.3, 0.4) is 0 Å². The maximum Gasteiger partial charge on any atom is 0.332 e. The average molecular weight is 696 g/mol. The highest BCUT2D eigenvalue weighted by atomic mass is 35.5. The van der Waals surface area contributed by atoms with E-state index in [1.807, 2.05) is 0 Å². The van der Waals surface area contributed by atoms with Crippen molar-refractivity contribution >= 4 is 34.7 Å². The number of aryl methyl sites for hydroxylation is 1. The van der Waals surface area contributed by atoms with Gasteiger partial charge in [-0.15, -0.1) is 11.6 Å². The topological polar surface area (TPSA) is 137 Å². The molecule has 0 fully saturated rings. The van der Waals surface area contributed by atoms with Gasteiger partial charge in [0.25, 0.3) is 5.56 Å². The van der Waals surface area contributed by atoms with Crippen LogP contribution in [0.1, 0.15) is 37.1 Å². The summed E-state index contributed by atoms with van der Waals surface area (Å²) in [4.78, 5) is 42.3. The maximum absolute atomic E-state index is 13.5. The summed E-state index contributed by atoms with van der Waals surface area (Å²) in [7, 11) is 2.91. The Labute approximate surface area is 284 Å². The van der Waals surface area contributed by atoms with Crippen LogP contribution in [0.5, 0.6) is 0 Å². The summed E-state index contributed by atoms with van der Waals surface area (Å²) in [6.07, 6.45) is 7.15. The molecule has 1 N–H and O–H groups in total. The van der Waals surface area contributed by atoms with Gasteiger partial charge >= 0.3 is 5.69 Å². The highest BCUT2D eigenvalue weighted by Crippen LogP contribution is 2.16. The fourth-order valence-corrected chi connectivity index (χ4v) is 4.84. The van der Waals surface area contributed by atoms with E-state index >= 15 is 0 Å². The number of carbonyl (C=O) groups is 1. The lowest BCUT2D eigenvalue weighted by atomic mass is 10.2. The molecular weight excluding hydrogens is 649 g/mol. The van der Waals surface area contributed by atoms with E-state index in [2.05, 4.69) is 10.3 Å². The second kappa shape index (κ2) is 22.3. The van der Waals surface area contributed by atoms with Gasteiger partial charge in [-0.05, 0) is 36.6 Å². The van der Waals surface area contributed by atoms with Crippen LogP contribution in [-0.4, -0.2) is 103 Å². The summed E-state index contributed by atoms with van der Waals surface area (Å²) in [5.41, 5.74) is 0.0231. The number of aromatic nitrogens is 4. The smallest absolute Gasteiger partial charge is 0.332 e. The summed E-state index contributed by atoms with van der Waals surface area (Å²) in [6, 6.07) is 5.85. The molecule has 0 saturated heterocycles. The molecule has 3 rings (SSSR count). The fraction of sp³-hybridized carbons (Fsp3) is 0.576. The van der Waals surface area contributed by atoms with E-state index in [1.165, 1.54) is 42.9 Å². The van der Waals surface area contributed by atoms with Gasteiger partial charge in [0.1, 0.15) is 11.6 Å². The van der Waals surface area contributed by atoms with Crippen LogP contribution < -0.4 is 16.6 Å². The first-order valence-electron chi connectivity index (χ1n) is 16.1. The fourth-order valence-electron chi connectivity index (χ4n) is 4.65. The van der Waals surface area contributed by atoms with Gasteiger partial charge in [0.15, 0.2) is 11.2 Å². The van der Waals surface area contributed by atoms with Gasteiger partial charge in [-0.2, -0.15) is 0 Å². The largest absolute Gasteiger partial charge is 0.379 e. The lowest BCUT2D eigenvalue weighted by molar-refractivity contribution is -0.116. The molecule has 0 radical (unpaired) electrons. The third kappa shape index (κ3) is 13.2. The van der Waals surface area contributed by atoms with Gasteiger partial charge in [-0.25, -0.2) is 14.2 Å². The molecule has 0 aliphatic carbocycles. The zero-order valence-electron chi connectivity index (χ0n) is 27.8. The van der Waals surface area contributed by atoms with Crippen molar-refractivity contribution in [2.45, 2.75) is 32.2 Å². The normalized spacial score (nSPS) is 11.7. The predicted octanol–water partition coefficient (Wildman–Crippen LogP) is 2.63. The van der Waals surface area contributed by atoms with E-state index in [9.17, 15) is 18.8 Å². The lowest BCUT2D eigenvalue weighted by Gasteiger charge is -2.10. The summed E-state index contributed by atoms with van der Waals surface area (Å²) >= 11 is 5.65. The van der Waals surface area contributed by atoms with Crippen molar-refractivity contribution in [3.05, 3.63) is 68.4 Å². The van der Waals surface area contributed by atoms with Gasteiger partial charge in [0.05, 0.1) is 66.0 Å². The van der Waals surface area contributed by atoms with Gasteiger partial charge in [-0.3, -0.25) is 18.7 Å².